The molecular formula is C49H63F3. The lowest BCUT2D eigenvalue weighted by atomic mass is 10.0. The molecule has 4 rings (SSSR count). The molecule has 0 atom stereocenters. The minimum Gasteiger partial charge on any atom is -0.166 e. The van der Waals surface area contributed by atoms with Gasteiger partial charge >= 0.3 is 6.18 Å². The van der Waals surface area contributed by atoms with Crippen molar-refractivity contribution in [3.63, 3.8) is 0 Å². The number of rotatable bonds is 7. The van der Waals surface area contributed by atoms with Crippen molar-refractivity contribution in [2.24, 2.45) is 0 Å². The van der Waals surface area contributed by atoms with Crippen molar-refractivity contribution in [3.05, 3.63) is 215 Å². The third kappa shape index (κ3) is 26.0. The molecule has 3 aromatic rings. The minimum absolute atomic E-state index is 0.292. The van der Waals surface area contributed by atoms with Crippen LogP contribution in [0.3, 0.4) is 0 Å². The van der Waals surface area contributed by atoms with Crippen molar-refractivity contribution in [2.45, 2.75) is 88.3 Å². The van der Waals surface area contributed by atoms with Crippen LogP contribution >= 0.6 is 0 Å². The van der Waals surface area contributed by atoms with Gasteiger partial charge in [0.15, 0.2) is 0 Å². The van der Waals surface area contributed by atoms with Crippen molar-refractivity contribution in [2.75, 3.05) is 0 Å². The molecule has 280 valence electrons. The zero-order valence-electron chi connectivity index (χ0n) is 33.3. The Morgan fingerprint density at radius 1 is 0.654 bits per heavy atom. The molecule has 1 aliphatic carbocycles. The lowest BCUT2D eigenvalue weighted by Gasteiger charge is -2.05. The molecule has 0 unspecified atom stereocenters. The zero-order valence-corrected chi connectivity index (χ0v) is 33.3. The van der Waals surface area contributed by atoms with E-state index in [0.717, 1.165) is 18.1 Å². The topological polar surface area (TPSA) is 0 Å². The highest BCUT2D eigenvalue weighted by Gasteiger charge is 2.31. The first kappa shape index (κ1) is 49.2. The van der Waals surface area contributed by atoms with E-state index in [1.165, 1.54) is 45.5 Å². The van der Waals surface area contributed by atoms with Gasteiger partial charge in [0.25, 0.3) is 0 Å². The van der Waals surface area contributed by atoms with Gasteiger partial charge in [0.1, 0.15) is 0 Å². The van der Waals surface area contributed by atoms with E-state index in [-0.39, 0.29) is 0 Å². The number of hydrogen-bond acceptors (Lipinski definition) is 0. The van der Waals surface area contributed by atoms with Crippen LogP contribution in [0.5, 0.6) is 0 Å². The molecule has 52 heavy (non-hydrogen) atoms. The van der Waals surface area contributed by atoms with Gasteiger partial charge in [-0.25, -0.2) is 0 Å². The normalized spacial score (nSPS) is 11.9. The quantitative estimate of drug-likeness (QED) is 0.214. The van der Waals surface area contributed by atoms with Crippen molar-refractivity contribution >= 4 is 0 Å². The number of alkyl halides is 3. The van der Waals surface area contributed by atoms with E-state index in [0.29, 0.717) is 6.42 Å². The Labute approximate surface area is 315 Å². The Morgan fingerprint density at radius 2 is 1.19 bits per heavy atom. The van der Waals surface area contributed by atoms with Crippen molar-refractivity contribution in [3.8, 4) is 0 Å². The molecule has 3 aromatic carbocycles. The summed E-state index contributed by atoms with van der Waals surface area (Å²) in [5.41, 5.74) is 8.39. The summed E-state index contributed by atoms with van der Waals surface area (Å²) >= 11 is 0. The number of benzene rings is 3. The lowest BCUT2D eigenvalue weighted by Crippen LogP contribution is -2.09. The van der Waals surface area contributed by atoms with Gasteiger partial charge in [-0.05, 0) is 93.9 Å². The van der Waals surface area contributed by atoms with Crippen LogP contribution in [0.25, 0.3) is 0 Å². The maximum atomic E-state index is 12.5. The van der Waals surface area contributed by atoms with Crippen LogP contribution in [-0.4, -0.2) is 6.18 Å². The van der Waals surface area contributed by atoms with Gasteiger partial charge < -0.3 is 0 Å². The van der Waals surface area contributed by atoms with Crippen LogP contribution in [0.4, 0.5) is 13.2 Å². The van der Waals surface area contributed by atoms with Gasteiger partial charge in [0.2, 0.25) is 0 Å². The second-order valence-electron chi connectivity index (χ2n) is 11.2. The Balaban J connectivity index is 0. The molecular weight excluding hydrogens is 646 g/mol. The summed E-state index contributed by atoms with van der Waals surface area (Å²) in [6, 6.07) is 27.5. The van der Waals surface area contributed by atoms with E-state index in [2.05, 4.69) is 120 Å². The Morgan fingerprint density at radius 3 is 1.69 bits per heavy atom. The molecule has 0 saturated carbocycles. The average molecular weight is 709 g/mol. The van der Waals surface area contributed by atoms with Crippen LogP contribution in [-0.2, 0) is 6.42 Å². The summed E-state index contributed by atoms with van der Waals surface area (Å²) in [6.45, 7) is 24.0. The summed E-state index contributed by atoms with van der Waals surface area (Å²) in [6.07, 6.45) is 21.3. The molecule has 0 N–H and O–H groups in total. The molecule has 0 spiro atoms. The van der Waals surface area contributed by atoms with Crippen LogP contribution < -0.4 is 0 Å². The smallest absolute Gasteiger partial charge is 0.166 e. The Hall–Kier alpha value is -4.89. The molecule has 0 fully saturated rings. The van der Waals surface area contributed by atoms with Crippen LogP contribution in [0, 0.1) is 20.8 Å². The third-order valence-corrected chi connectivity index (χ3v) is 6.89. The Kier molecular flexibility index (Phi) is 30.3. The van der Waals surface area contributed by atoms with Crippen molar-refractivity contribution < 1.29 is 13.2 Å². The van der Waals surface area contributed by atoms with Gasteiger partial charge in [-0.2, -0.15) is 13.2 Å². The SMILES string of the molecule is C/C=C/C=C\C=C\C1=CCC=C(C(F)(F)F)C=C1.C=C/C=C\C=C(C)C.CC.CC.Cc1ccccc1C.Cc1ccccc1Cc1ccccc1. The molecule has 0 aliphatic heterocycles. The van der Waals surface area contributed by atoms with Gasteiger partial charge in [0, 0.05) is 0 Å². The maximum absolute atomic E-state index is 12.5. The fraction of sp³-hybridized carbons (Fsp3) is 0.265. The third-order valence-electron chi connectivity index (χ3n) is 6.89. The Bertz CT molecular complexity index is 1580. The largest absolute Gasteiger partial charge is 0.416 e. The van der Waals surface area contributed by atoms with Gasteiger partial charge in [-0.3, -0.25) is 0 Å². The average Bonchev–Trinajstić information content (AvgIpc) is 3.40. The second kappa shape index (κ2) is 32.0. The number of aryl methyl sites for hydroxylation is 3. The fourth-order valence-corrected chi connectivity index (χ4v) is 4.00. The number of hydrogen-bond donors (Lipinski definition) is 0. The van der Waals surface area contributed by atoms with Gasteiger partial charge in [-0.15, -0.1) is 0 Å². The van der Waals surface area contributed by atoms with Crippen LogP contribution in [0.1, 0.15) is 82.7 Å². The van der Waals surface area contributed by atoms with Gasteiger partial charge in [0.05, 0.1) is 5.57 Å². The van der Waals surface area contributed by atoms with E-state index < -0.39 is 11.7 Å². The van der Waals surface area contributed by atoms with E-state index in [1.807, 2.05) is 77.2 Å². The highest BCUT2D eigenvalue weighted by Crippen LogP contribution is 2.28. The molecule has 0 amide bonds. The van der Waals surface area contributed by atoms with Gasteiger partial charge in [-0.1, -0.05) is 198 Å². The summed E-state index contributed by atoms with van der Waals surface area (Å²) in [5, 5.41) is 0. The summed E-state index contributed by atoms with van der Waals surface area (Å²) in [7, 11) is 0. The van der Waals surface area contributed by atoms with E-state index >= 15 is 0 Å². The monoisotopic (exact) mass is 708 g/mol. The fourth-order valence-electron chi connectivity index (χ4n) is 4.00. The molecule has 0 aromatic heterocycles. The molecule has 0 heterocycles. The molecule has 0 nitrogen and oxygen atoms in total. The van der Waals surface area contributed by atoms with Crippen LogP contribution in [0.15, 0.2) is 187 Å². The van der Waals surface area contributed by atoms with Crippen LogP contribution in [0.2, 0.25) is 0 Å². The minimum atomic E-state index is -4.27. The summed E-state index contributed by atoms with van der Waals surface area (Å²) in [4.78, 5) is 0. The van der Waals surface area contributed by atoms with E-state index in [4.69, 9.17) is 0 Å². The summed E-state index contributed by atoms with van der Waals surface area (Å²) < 4.78 is 37.4. The standard InChI is InChI=1S/C15H15F3.C14H14.C8H10.C8H12.2C2H6/c1-2-3-4-5-6-8-13-9-7-10-14(12-11-13)15(16,17)18;1-12-7-5-6-10-14(12)11-13-8-3-2-4-9-13;1-7-5-3-4-6-8(7)2;1-4-5-6-7-8(2)3;2*1-2/h2-6,8-12H,7H2,1H3;2-10H,11H2,1H3;3-6H,1-2H3;4-7H,1H2,2-3H3;2*1-2H3/b3-2+,5-4-,8-6+;;;6-5-;;. The van der Waals surface area contributed by atoms with E-state index in [9.17, 15) is 13.2 Å². The maximum Gasteiger partial charge on any atom is 0.416 e. The first-order valence-electron chi connectivity index (χ1n) is 18.1. The van der Waals surface area contributed by atoms with Crippen molar-refractivity contribution in [1.82, 2.24) is 0 Å². The summed E-state index contributed by atoms with van der Waals surface area (Å²) in [5.74, 6) is 0. The molecule has 0 bridgehead atoms. The molecule has 0 saturated heterocycles. The highest BCUT2D eigenvalue weighted by molar-refractivity contribution is 5.40. The lowest BCUT2D eigenvalue weighted by molar-refractivity contribution is -0.0883. The molecule has 3 heteroatoms. The molecule has 0 radical (unpaired) electrons. The highest BCUT2D eigenvalue weighted by atomic mass is 19.4. The van der Waals surface area contributed by atoms with E-state index in [1.54, 1.807) is 24.3 Å². The predicted molar refractivity (Wildman–Crippen MR) is 227 cm³/mol. The predicted octanol–water partition coefficient (Wildman–Crippen LogP) is 15.7. The second-order valence-corrected chi connectivity index (χ2v) is 11.2. The van der Waals surface area contributed by atoms with Crippen molar-refractivity contribution in [1.29, 1.82) is 0 Å². The molecule has 1 aliphatic rings. The number of allylic oxidation sites excluding steroid dienone is 17. The first-order valence-corrected chi connectivity index (χ1v) is 18.1. The first-order chi connectivity index (χ1) is 25.0. The zero-order chi connectivity index (χ0) is 39.6. The number of halogens is 3.